The monoisotopic (exact) mass is 566 g/mol. The van der Waals surface area contributed by atoms with Gasteiger partial charge in [0, 0.05) is 11.3 Å². The SMILES string of the molecule is CC1(C)[C@@H](OC(=O)[C@@H]2CCC=C[C@@H]2NC(=O)c2ccccc2)CC(=O)N1c1ccc(C(=O)OCc2ccccc2)cc1. The Labute approximate surface area is 245 Å². The number of ether oxygens (including phenoxy) is 2. The number of nitrogens with zero attached hydrogens (tertiary/aromatic N) is 1. The van der Waals surface area contributed by atoms with Crippen molar-refractivity contribution in [2.45, 2.75) is 57.4 Å². The first-order valence-electron chi connectivity index (χ1n) is 14.1. The van der Waals surface area contributed by atoms with E-state index in [0.717, 1.165) is 5.56 Å². The first-order valence-corrected chi connectivity index (χ1v) is 14.1. The third-order valence-corrected chi connectivity index (χ3v) is 7.86. The summed E-state index contributed by atoms with van der Waals surface area (Å²) in [6.07, 6.45) is 4.34. The van der Waals surface area contributed by atoms with E-state index in [9.17, 15) is 19.2 Å². The minimum atomic E-state index is -0.838. The van der Waals surface area contributed by atoms with E-state index < -0.39 is 35.5 Å². The summed E-state index contributed by atoms with van der Waals surface area (Å²) >= 11 is 0. The van der Waals surface area contributed by atoms with E-state index in [1.165, 1.54) is 0 Å². The molecule has 0 saturated carbocycles. The third kappa shape index (κ3) is 6.28. The quantitative estimate of drug-likeness (QED) is 0.296. The highest BCUT2D eigenvalue weighted by atomic mass is 16.5. The molecule has 0 unspecified atom stereocenters. The van der Waals surface area contributed by atoms with Gasteiger partial charge in [0.25, 0.3) is 5.91 Å². The van der Waals surface area contributed by atoms with Crippen LogP contribution in [0.1, 0.15) is 59.4 Å². The van der Waals surface area contributed by atoms with Crippen LogP contribution < -0.4 is 10.2 Å². The Morgan fingerprint density at radius 1 is 0.905 bits per heavy atom. The normalized spacial score (nSPS) is 21.0. The minimum Gasteiger partial charge on any atom is -0.459 e. The molecule has 8 heteroatoms. The third-order valence-electron chi connectivity index (χ3n) is 7.86. The Morgan fingerprint density at radius 3 is 2.26 bits per heavy atom. The van der Waals surface area contributed by atoms with E-state index in [2.05, 4.69) is 5.32 Å². The molecule has 2 amide bonds. The molecule has 1 heterocycles. The van der Waals surface area contributed by atoms with Crippen LogP contribution in [0.15, 0.2) is 97.1 Å². The van der Waals surface area contributed by atoms with E-state index in [1.807, 2.05) is 62.4 Å². The zero-order chi connectivity index (χ0) is 29.7. The molecule has 216 valence electrons. The highest BCUT2D eigenvalue weighted by Crippen LogP contribution is 2.38. The van der Waals surface area contributed by atoms with E-state index in [1.54, 1.807) is 53.4 Å². The summed E-state index contributed by atoms with van der Waals surface area (Å²) in [4.78, 5) is 53.5. The van der Waals surface area contributed by atoms with Gasteiger partial charge in [-0.3, -0.25) is 14.4 Å². The Balaban J connectivity index is 1.23. The number of benzene rings is 3. The van der Waals surface area contributed by atoms with Crippen molar-refractivity contribution in [3.8, 4) is 0 Å². The molecule has 1 fully saturated rings. The molecular formula is C34H34N2O6. The van der Waals surface area contributed by atoms with Gasteiger partial charge in [-0.05, 0) is 68.7 Å². The van der Waals surface area contributed by atoms with Gasteiger partial charge in [0.1, 0.15) is 12.7 Å². The van der Waals surface area contributed by atoms with Crippen molar-refractivity contribution in [2.24, 2.45) is 5.92 Å². The summed E-state index contributed by atoms with van der Waals surface area (Å²) in [5.41, 5.74) is 1.53. The van der Waals surface area contributed by atoms with Gasteiger partial charge < -0.3 is 19.7 Å². The van der Waals surface area contributed by atoms with Gasteiger partial charge in [0.05, 0.1) is 29.5 Å². The molecule has 3 atom stereocenters. The van der Waals surface area contributed by atoms with Crippen LogP contribution in [0, 0.1) is 5.92 Å². The Morgan fingerprint density at radius 2 is 1.57 bits per heavy atom. The van der Waals surface area contributed by atoms with Gasteiger partial charge >= 0.3 is 11.9 Å². The van der Waals surface area contributed by atoms with Crippen molar-refractivity contribution < 1.29 is 28.7 Å². The predicted octanol–water partition coefficient (Wildman–Crippen LogP) is 5.24. The van der Waals surface area contributed by atoms with Gasteiger partial charge in [-0.15, -0.1) is 0 Å². The number of hydrogen-bond acceptors (Lipinski definition) is 6. The average molecular weight is 567 g/mol. The summed E-state index contributed by atoms with van der Waals surface area (Å²) < 4.78 is 11.4. The molecule has 0 bridgehead atoms. The fourth-order valence-corrected chi connectivity index (χ4v) is 5.48. The van der Waals surface area contributed by atoms with Crippen molar-refractivity contribution in [3.05, 3.63) is 114 Å². The van der Waals surface area contributed by atoms with Crippen molar-refractivity contribution >= 4 is 29.4 Å². The zero-order valence-electron chi connectivity index (χ0n) is 23.7. The number of carbonyl (C=O) groups excluding carboxylic acids is 4. The van der Waals surface area contributed by atoms with Crippen LogP contribution in [0.3, 0.4) is 0 Å². The number of anilines is 1. The summed E-state index contributed by atoms with van der Waals surface area (Å²) in [5, 5.41) is 2.95. The highest BCUT2D eigenvalue weighted by molar-refractivity contribution is 5.99. The number of rotatable bonds is 8. The van der Waals surface area contributed by atoms with E-state index in [-0.39, 0.29) is 24.8 Å². The molecule has 1 aliphatic carbocycles. The van der Waals surface area contributed by atoms with Crippen molar-refractivity contribution in [1.82, 2.24) is 5.32 Å². The molecule has 0 spiro atoms. The summed E-state index contributed by atoms with van der Waals surface area (Å²) in [6, 6.07) is 24.4. The first-order chi connectivity index (χ1) is 20.2. The molecule has 1 aliphatic heterocycles. The van der Waals surface area contributed by atoms with E-state index in [4.69, 9.17) is 9.47 Å². The average Bonchev–Trinajstić information content (AvgIpc) is 3.23. The molecule has 5 rings (SSSR count). The highest BCUT2D eigenvalue weighted by Gasteiger charge is 2.50. The second kappa shape index (κ2) is 12.4. The second-order valence-electron chi connectivity index (χ2n) is 11.1. The van der Waals surface area contributed by atoms with Crippen LogP contribution in [-0.4, -0.2) is 41.4 Å². The lowest BCUT2D eigenvalue weighted by Gasteiger charge is -2.36. The molecule has 3 aromatic carbocycles. The van der Waals surface area contributed by atoms with Crippen LogP contribution in [0.2, 0.25) is 0 Å². The number of carbonyl (C=O) groups is 4. The maximum absolute atomic E-state index is 13.4. The van der Waals surface area contributed by atoms with Crippen molar-refractivity contribution in [2.75, 3.05) is 4.90 Å². The van der Waals surface area contributed by atoms with Crippen LogP contribution >= 0.6 is 0 Å². The molecule has 2 aliphatic rings. The molecule has 0 aromatic heterocycles. The standard InChI is InChI=1S/C34H34N2O6/c1-34(2)29(42-33(40)27-15-9-10-16-28(27)35-31(38)24-13-7-4-8-14-24)21-30(37)36(34)26-19-17-25(18-20-26)32(39)41-22-23-11-5-3-6-12-23/h3-8,10-14,16-20,27-29H,9,15,21-22H2,1-2H3,(H,35,38)/t27-,28+,29+/m1/s1. The largest absolute Gasteiger partial charge is 0.459 e. The van der Waals surface area contributed by atoms with Crippen LogP contribution in [0.25, 0.3) is 0 Å². The van der Waals surface area contributed by atoms with Gasteiger partial charge in [-0.25, -0.2) is 4.79 Å². The number of amides is 2. The molecular weight excluding hydrogens is 532 g/mol. The molecule has 42 heavy (non-hydrogen) atoms. The Kier molecular flexibility index (Phi) is 8.52. The van der Waals surface area contributed by atoms with E-state index >= 15 is 0 Å². The molecule has 3 aromatic rings. The molecule has 1 saturated heterocycles. The Hall–Kier alpha value is -4.72. The van der Waals surface area contributed by atoms with Crippen LogP contribution in [0.5, 0.6) is 0 Å². The molecule has 8 nitrogen and oxygen atoms in total. The predicted molar refractivity (Wildman–Crippen MR) is 158 cm³/mol. The maximum Gasteiger partial charge on any atom is 0.338 e. The number of nitrogens with one attached hydrogen (secondary N) is 1. The topological polar surface area (TPSA) is 102 Å². The summed E-state index contributed by atoms with van der Waals surface area (Å²) in [6.45, 7) is 3.88. The van der Waals surface area contributed by atoms with Crippen LogP contribution in [0.4, 0.5) is 5.69 Å². The molecule has 0 radical (unpaired) electrons. The smallest absolute Gasteiger partial charge is 0.338 e. The summed E-state index contributed by atoms with van der Waals surface area (Å²) in [7, 11) is 0. The summed E-state index contributed by atoms with van der Waals surface area (Å²) in [5.74, 6) is -1.92. The van der Waals surface area contributed by atoms with Gasteiger partial charge in [0.15, 0.2) is 0 Å². The van der Waals surface area contributed by atoms with E-state index in [0.29, 0.717) is 29.7 Å². The number of esters is 2. The lowest BCUT2D eigenvalue weighted by Crippen LogP contribution is -2.50. The first kappa shape index (κ1) is 28.8. The van der Waals surface area contributed by atoms with Crippen LogP contribution in [-0.2, 0) is 25.7 Å². The second-order valence-corrected chi connectivity index (χ2v) is 11.1. The van der Waals surface area contributed by atoms with Gasteiger partial charge in [-0.1, -0.05) is 60.7 Å². The molecule has 1 N–H and O–H groups in total. The van der Waals surface area contributed by atoms with Crippen molar-refractivity contribution in [1.29, 1.82) is 0 Å². The maximum atomic E-state index is 13.4. The lowest BCUT2D eigenvalue weighted by molar-refractivity contribution is -0.157. The minimum absolute atomic E-state index is 0.0310. The lowest BCUT2D eigenvalue weighted by atomic mass is 9.89. The number of allylic oxidation sites excluding steroid dienone is 1. The van der Waals surface area contributed by atoms with Gasteiger partial charge in [-0.2, -0.15) is 0 Å². The zero-order valence-corrected chi connectivity index (χ0v) is 23.7. The van der Waals surface area contributed by atoms with Crippen molar-refractivity contribution in [3.63, 3.8) is 0 Å². The fraction of sp³-hybridized carbons (Fsp3) is 0.294. The fourth-order valence-electron chi connectivity index (χ4n) is 5.48. The number of hydrogen-bond donors (Lipinski definition) is 1. The van der Waals surface area contributed by atoms with Gasteiger partial charge in [0.2, 0.25) is 5.91 Å². The Bertz CT molecular complexity index is 1470.